The van der Waals surface area contributed by atoms with Crippen molar-refractivity contribution in [1.82, 2.24) is 9.36 Å². The maximum absolute atomic E-state index is 5.49. The van der Waals surface area contributed by atoms with Gasteiger partial charge >= 0.3 is 0 Å². The van der Waals surface area contributed by atoms with Crippen molar-refractivity contribution in [2.75, 3.05) is 11.9 Å². The average molecular weight is 227 g/mol. The predicted molar refractivity (Wildman–Crippen MR) is 61.3 cm³/mol. The van der Waals surface area contributed by atoms with Gasteiger partial charge in [-0.3, -0.25) is 0 Å². The van der Waals surface area contributed by atoms with Crippen molar-refractivity contribution in [3.05, 3.63) is 5.82 Å². The van der Waals surface area contributed by atoms with Crippen LogP contribution in [0, 0.1) is 0 Å². The number of aromatic nitrogens is 2. The van der Waals surface area contributed by atoms with Crippen LogP contribution in [0.3, 0.4) is 0 Å². The fraction of sp³-hybridized carbons (Fsp3) is 0.800. The fourth-order valence-electron chi connectivity index (χ4n) is 1.72. The largest absolute Gasteiger partial charge is 0.376 e. The Labute approximate surface area is 94.2 Å². The minimum atomic E-state index is 0.281. The summed E-state index contributed by atoms with van der Waals surface area (Å²) in [5.74, 6) is 0.955. The number of nitrogens with zero attached hydrogens (tertiary/aromatic N) is 2. The molecule has 1 aromatic rings. The number of anilines is 1. The van der Waals surface area contributed by atoms with Crippen molar-refractivity contribution in [1.29, 1.82) is 0 Å². The van der Waals surface area contributed by atoms with E-state index in [9.17, 15) is 0 Å². The summed E-state index contributed by atoms with van der Waals surface area (Å²) in [4.78, 5) is 4.44. The lowest BCUT2D eigenvalue weighted by Gasteiger charge is -2.14. The zero-order valence-corrected chi connectivity index (χ0v) is 10.0. The Balaban J connectivity index is 1.92. The van der Waals surface area contributed by atoms with Crippen LogP contribution in [0.15, 0.2) is 0 Å². The van der Waals surface area contributed by atoms with Crippen LogP contribution < -0.4 is 5.32 Å². The zero-order valence-electron chi connectivity index (χ0n) is 9.19. The lowest BCUT2D eigenvalue weighted by molar-refractivity contribution is 0.121. The van der Waals surface area contributed by atoms with Crippen LogP contribution in [0.1, 0.15) is 32.5 Å². The molecule has 1 N–H and O–H groups in total. The van der Waals surface area contributed by atoms with Gasteiger partial charge in [-0.25, -0.2) is 4.98 Å². The third-order valence-corrected chi connectivity index (χ3v) is 3.31. The second kappa shape index (κ2) is 4.90. The normalized spacial score (nSPS) is 25.7. The molecule has 0 radical (unpaired) electrons. The Hall–Kier alpha value is -0.680. The number of aryl methyl sites for hydroxylation is 1. The molecule has 1 fully saturated rings. The average Bonchev–Trinajstić information content (AvgIpc) is 2.79. The van der Waals surface area contributed by atoms with Gasteiger partial charge < -0.3 is 10.1 Å². The molecule has 4 nitrogen and oxygen atoms in total. The Kier molecular flexibility index (Phi) is 3.53. The molecule has 1 aliphatic heterocycles. The van der Waals surface area contributed by atoms with E-state index in [1.807, 2.05) is 0 Å². The molecule has 5 heteroatoms. The van der Waals surface area contributed by atoms with Crippen molar-refractivity contribution in [3.8, 4) is 0 Å². The number of hydrogen-bond acceptors (Lipinski definition) is 5. The summed E-state index contributed by atoms with van der Waals surface area (Å²) in [7, 11) is 0. The number of rotatable bonds is 4. The van der Waals surface area contributed by atoms with Crippen LogP contribution in [-0.4, -0.2) is 28.1 Å². The topological polar surface area (TPSA) is 47.0 Å². The maximum atomic E-state index is 5.49. The molecule has 0 aliphatic carbocycles. The summed E-state index contributed by atoms with van der Waals surface area (Å²) in [6.45, 7) is 5.08. The molecule has 2 heterocycles. The third-order valence-electron chi connectivity index (χ3n) is 2.63. The number of nitrogens with one attached hydrogen (secondary N) is 1. The van der Waals surface area contributed by atoms with E-state index in [4.69, 9.17) is 4.74 Å². The van der Waals surface area contributed by atoms with E-state index < -0.39 is 0 Å². The van der Waals surface area contributed by atoms with Crippen molar-refractivity contribution in [3.63, 3.8) is 0 Å². The molecular formula is C10H17N3OS. The van der Waals surface area contributed by atoms with Gasteiger partial charge in [0.15, 0.2) is 0 Å². The summed E-state index contributed by atoms with van der Waals surface area (Å²) < 4.78 is 9.79. The molecule has 0 amide bonds. The highest BCUT2D eigenvalue weighted by Crippen LogP contribution is 2.20. The van der Waals surface area contributed by atoms with Gasteiger partial charge in [0.25, 0.3) is 0 Å². The minimum absolute atomic E-state index is 0.281. The smallest absolute Gasteiger partial charge is 0.202 e. The molecule has 84 valence electrons. The highest BCUT2D eigenvalue weighted by atomic mass is 32.1. The first-order chi connectivity index (χ1) is 7.29. The highest BCUT2D eigenvalue weighted by Gasteiger charge is 2.24. The Morgan fingerprint density at radius 3 is 3.13 bits per heavy atom. The van der Waals surface area contributed by atoms with E-state index >= 15 is 0 Å². The molecule has 0 aromatic carbocycles. The van der Waals surface area contributed by atoms with Gasteiger partial charge in [-0.15, -0.1) is 0 Å². The van der Waals surface area contributed by atoms with E-state index in [0.29, 0.717) is 6.04 Å². The van der Waals surface area contributed by atoms with Gasteiger partial charge in [-0.2, -0.15) is 4.37 Å². The molecule has 2 rings (SSSR count). The van der Waals surface area contributed by atoms with Crippen molar-refractivity contribution in [2.45, 2.75) is 45.3 Å². The molecular weight excluding hydrogens is 210 g/mol. The van der Waals surface area contributed by atoms with Crippen LogP contribution in [0.4, 0.5) is 5.13 Å². The Morgan fingerprint density at radius 2 is 2.47 bits per heavy atom. The molecule has 0 spiro atoms. The van der Waals surface area contributed by atoms with E-state index in [-0.39, 0.29) is 6.10 Å². The lowest BCUT2D eigenvalue weighted by atomic mass is 10.2. The lowest BCUT2D eigenvalue weighted by Crippen LogP contribution is -2.26. The quantitative estimate of drug-likeness (QED) is 0.855. The molecule has 15 heavy (non-hydrogen) atoms. The Bertz CT molecular complexity index is 315. The summed E-state index contributed by atoms with van der Waals surface area (Å²) in [5.41, 5.74) is 0. The SMILES string of the molecule is CCCc1nsc(NC2CCOC2C)n1. The van der Waals surface area contributed by atoms with Gasteiger partial charge in [0.1, 0.15) is 5.82 Å². The van der Waals surface area contributed by atoms with Gasteiger partial charge in [0.2, 0.25) is 5.13 Å². The van der Waals surface area contributed by atoms with Gasteiger partial charge in [0, 0.05) is 24.6 Å². The second-order valence-electron chi connectivity index (χ2n) is 3.88. The fourth-order valence-corrected chi connectivity index (χ4v) is 2.39. The molecule has 2 atom stereocenters. The molecule has 1 aliphatic rings. The predicted octanol–water partition coefficient (Wildman–Crippen LogP) is 2.08. The van der Waals surface area contributed by atoms with Crippen LogP contribution in [-0.2, 0) is 11.2 Å². The van der Waals surface area contributed by atoms with Gasteiger partial charge in [-0.05, 0) is 19.8 Å². The van der Waals surface area contributed by atoms with E-state index in [1.54, 1.807) is 0 Å². The first kappa shape index (κ1) is 10.8. The van der Waals surface area contributed by atoms with Crippen LogP contribution in [0.2, 0.25) is 0 Å². The van der Waals surface area contributed by atoms with Crippen LogP contribution >= 0.6 is 11.5 Å². The zero-order chi connectivity index (χ0) is 10.7. The summed E-state index contributed by atoms with van der Waals surface area (Å²) in [6.07, 6.45) is 3.40. The second-order valence-corrected chi connectivity index (χ2v) is 4.63. The van der Waals surface area contributed by atoms with Crippen LogP contribution in [0.25, 0.3) is 0 Å². The first-order valence-electron chi connectivity index (χ1n) is 5.50. The van der Waals surface area contributed by atoms with E-state index in [0.717, 1.165) is 36.8 Å². The highest BCUT2D eigenvalue weighted by molar-refractivity contribution is 7.09. The molecule has 0 bridgehead atoms. The minimum Gasteiger partial charge on any atom is -0.376 e. The van der Waals surface area contributed by atoms with E-state index in [1.165, 1.54) is 11.5 Å². The summed E-state index contributed by atoms with van der Waals surface area (Å²) in [6, 6.07) is 0.396. The maximum Gasteiger partial charge on any atom is 0.202 e. The van der Waals surface area contributed by atoms with Crippen molar-refractivity contribution in [2.24, 2.45) is 0 Å². The molecule has 1 aromatic heterocycles. The molecule has 0 saturated carbocycles. The standard InChI is InChI=1S/C10H17N3OS/c1-3-4-9-12-10(15-13-9)11-8-5-6-14-7(8)2/h7-8H,3-6H2,1-2H3,(H,11,12,13). The van der Waals surface area contributed by atoms with Crippen molar-refractivity contribution >= 4 is 16.7 Å². The Morgan fingerprint density at radius 1 is 1.60 bits per heavy atom. The first-order valence-corrected chi connectivity index (χ1v) is 6.27. The monoisotopic (exact) mass is 227 g/mol. The van der Waals surface area contributed by atoms with Gasteiger partial charge in [0.05, 0.1) is 12.1 Å². The van der Waals surface area contributed by atoms with Gasteiger partial charge in [-0.1, -0.05) is 6.92 Å². The van der Waals surface area contributed by atoms with E-state index in [2.05, 4.69) is 28.5 Å². The molecule has 2 unspecified atom stereocenters. The molecule has 1 saturated heterocycles. The summed E-state index contributed by atoms with van der Waals surface area (Å²) in [5, 5.41) is 4.32. The number of ether oxygens (including phenoxy) is 1. The van der Waals surface area contributed by atoms with Crippen LogP contribution in [0.5, 0.6) is 0 Å². The third kappa shape index (κ3) is 2.66. The summed E-state index contributed by atoms with van der Waals surface area (Å²) >= 11 is 1.45. The van der Waals surface area contributed by atoms with Crippen molar-refractivity contribution < 1.29 is 4.74 Å². The number of hydrogen-bond donors (Lipinski definition) is 1.